The van der Waals surface area contributed by atoms with Crippen molar-refractivity contribution in [2.45, 2.75) is 44.3 Å². The molecule has 1 atom stereocenters. The van der Waals surface area contributed by atoms with Gasteiger partial charge in [-0.2, -0.15) is 0 Å². The lowest BCUT2D eigenvalue weighted by Crippen LogP contribution is -2.12. The number of thioether (sulfide) groups is 1. The number of hydrogen-bond donors (Lipinski definition) is 0. The van der Waals surface area contributed by atoms with Crippen LogP contribution in [0.3, 0.4) is 0 Å². The molecule has 148 valence electrons. The van der Waals surface area contributed by atoms with Gasteiger partial charge in [-0.25, -0.2) is 0 Å². The highest BCUT2D eigenvalue weighted by Crippen LogP contribution is 2.33. The van der Waals surface area contributed by atoms with E-state index in [0.29, 0.717) is 26.6 Å². The summed E-state index contributed by atoms with van der Waals surface area (Å²) in [5, 5.41) is 11.3. The molecule has 1 aromatic heterocycles. The summed E-state index contributed by atoms with van der Waals surface area (Å²) in [4.78, 5) is 0. The highest BCUT2D eigenvalue weighted by atomic mass is 35.5. The zero-order valence-electron chi connectivity index (χ0n) is 15.7. The molecule has 0 spiro atoms. The number of aryl methyl sites for hydroxylation is 1. The van der Waals surface area contributed by atoms with Crippen LogP contribution in [0.2, 0.25) is 15.1 Å². The first kappa shape index (κ1) is 21.3. The van der Waals surface area contributed by atoms with Crippen LogP contribution in [0.4, 0.5) is 0 Å². The predicted octanol–water partition coefficient (Wildman–Crippen LogP) is 7.00. The maximum Gasteiger partial charge on any atom is 0.191 e. The monoisotopic (exact) mass is 455 g/mol. The number of nitrogens with zero attached hydrogens (tertiary/aromatic N) is 3. The zero-order chi connectivity index (χ0) is 20.3. The molecule has 0 fully saturated rings. The van der Waals surface area contributed by atoms with E-state index in [1.54, 1.807) is 11.8 Å². The second-order valence-electron chi connectivity index (χ2n) is 6.27. The van der Waals surface area contributed by atoms with Crippen LogP contribution in [0, 0.1) is 6.92 Å². The molecule has 0 bridgehead atoms. The Kier molecular flexibility index (Phi) is 7.15. The summed E-state index contributed by atoms with van der Waals surface area (Å²) in [5.41, 5.74) is 1.97. The van der Waals surface area contributed by atoms with Crippen LogP contribution in [0.1, 0.15) is 36.9 Å². The molecule has 0 aliphatic rings. The summed E-state index contributed by atoms with van der Waals surface area (Å²) in [5.74, 6) is 1.99. The highest BCUT2D eigenvalue weighted by molar-refractivity contribution is 7.98. The van der Waals surface area contributed by atoms with Gasteiger partial charge in [-0.1, -0.05) is 58.7 Å². The van der Waals surface area contributed by atoms with Gasteiger partial charge in [0.15, 0.2) is 17.1 Å². The third-order valence-corrected chi connectivity index (χ3v) is 6.24. The molecule has 0 saturated heterocycles. The van der Waals surface area contributed by atoms with Crippen LogP contribution in [0.25, 0.3) is 0 Å². The SMILES string of the molecule is CCn1c(SCc2c(Cl)cccc2Cl)nnc1C(C)Oc1cc(C)ccc1Cl. The maximum atomic E-state index is 6.27. The molecule has 0 N–H and O–H groups in total. The van der Waals surface area contributed by atoms with Crippen LogP contribution >= 0.6 is 46.6 Å². The van der Waals surface area contributed by atoms with Gasteiger partial charge in [0.1, 0.15) is 5.75 Å². The van der Waals surface area contributed by atoms with E-state index in [0.717, 1.165) is 28.7 Å². The molecule has 28 heavy (non-hydrogen) atoms. The van der Waals surface area contributed by atoms with Crippen molar-refractivity contribution in [1.29, 1.82) is 0 Å². The lowest BCUT2D eigenvalue weighted by atomic mass is 10.2. The number of benzene rings is 2. The molecule has 0 aliphatic heterocycles. The number of halogens is 3. The van der Waals surface area contributed by atoms with Gasteiger partial charge >= 0.3 is 0 Å². The summed E-state index contributed by atoms with van der Waals surface area (Å²) < 4.78 is 8.09. The molecule has 1 heterocycles. The Labute approximate surface area is 184 Å². The minimum Gasteiger partial charge on any atom is -0.481 e. The smallest absolute Gasteiger partial charge is 0.191 e. The third kappa shape index (κ3) is 4.77. The number of aromatic nitrogens is 3. The summed E-state index contributed by atoms with van der Waals surface area (Å²) in [7, 11) is 0. The standard InChI is InChI=1S/C20H20Cl3N3OS/c1-4-26-19(13(3)27-18-10-12(2)8-9-17(18)23)24-25-20(26)28-11-14-15(21)6-5-7-16(14)22/h5-10,13H,4,11H2,1-3H3. The van der Waals surface area contributed by atoms with Crippen molar-refractivity contribution >= 4 is 46.6 Å². The van der Waals surface area contributed by atoms with Crippen LogP contribution in [-0.4, -0.2) is 14.8 Å². The van der Waals surface area contributed by atoms with E-state index >= 15 is 0 Å². The molecule has 2 aromatic carbocycles. The van der Waals surface area contributed by atoms with Gasteiger partial charge in [0.25, 0.3) is 0 Å². The molecule has 0 aliphatic carbocycles. The quantitative estimate of drug-likeness (QED) is 0.359. The van der Waals surface area contributed by atoms with Crippen molar-refractivity contribution in [1.82, 2.24) is 14.8 Å². The van der Waals surface area contributed by atoms with Gasteiger partial charge in [0.05, 0.1) is 5.02 Å². The fourth-order valence-corrected chi connectivity index (χ4v) is 4.67. The summed E-state index contributed by atoms with van der Waals surface area (Å²) >= 11 is 20.3. The number of hydrogen-bond acceptors (Lipinski definition) is 4. The lowest BCUT2D eigenvalue weighted by molar-refractivity contribution is 0.210. The van der Waals surface area contributed by atoms with E-state index in [2.05, 4.69) is 10.2 Å². The molecule has 4 nitrogen and oxygen atoms in total. The Morgan fingerprint density at radius 1 is 1.07 bits per heavy atom. The molecular weight excluding hydrogens is 437 g/mol. The third-order valence-electron chi connectivity index (χ3n) is 4.22. The Hall–Kier alpha value is -1.40. The van der Waals surface area contributed by atoms with E-state index in [1.165, 1.54) is 0 Å². The molecule has 0 saturated carbocycles. The van der Waals surface area contributed by atoms with Crippen molar-refractivity contribution in [3.8, 4) is 5.75 Å². The molecule has 1 unspecified atom stereocenters. The molecular formula is C20H20Cl3N3OS. The fraction of sp³-hybridized carbons (Fsp3) is 0.300. The topological polar surface area (TPSA) is 39.9 Å². The highest BCUT2D eigenvalue weighted by Gasteiger charge is 2.20. The van der Waals surface area contributed by atoms with E-state index in [9.17, 15) is 0 Å². The summed E-state index contributed by atoms with van der Waals surface area (Å²) in [6.45, 7) is 6.70. The van der Waals surface area contributed by atoms with Crippen molar-refractivity contribution in [2.24, 2.45) is 0 Å². The first-order valence-corrected chi connectivity index (χ1v) is 10.9. The van der Waals surface area contributed by atoms with Crippen molar-refractivity contribution < 1.29 is 4.74 Å². The summed E-state index contributed by atoms with van der Waals surface area (Å²) in [6, 6.07) is 11.2. The van der Waals surface area contributed by atoms with E-state index < -0.39 is 0 Å². The van der Waals surface area contributed by atoms with E-state index in [4.69, 9.17) is 39.5 Å². The number of ether oxygens (including phenoxy) is 1. The average molecular weight is 457 g/mol. The van der Waals surface area contributed by atoms with Crippen LogP contribution in [0.5, 0.6) is 5.75 Å². The van der Waals surface area contributed by atoms with Crippen LogP contribution in [-0.2, 0) is 12.3 Å². The van der Waals surface area contributed by atoms with E-state index in [-0.39, 0.29) is 6.10 Å². The molecule has 8 heteroatoms. The Morgan fingerprint density at radius 2 is 1.79 bits per heavy atom. The van der Waals surface area contributed by atoms with E-state index in [1.807, 2.05) is 61.7 Å². The van der Waals surface area contributed by atoms with Crippen molar-refractivity contribution in [3.05, 3.63) is 68.4 Å². The maximum absolute atomic E-state index is 6.27. The van der Waals surface area contributed by atoms with Crippen molar-refractivity contribution in [2.75, 3.05) is 0 Å². The first-order valence-electron chi connectivity index (χ1n) is 8.82. The molecule has 3 aromatic rings. The lowest BCUT2D eigenvalue weighted by Gasteiger charge is -2.17. The van der Waals surface area contributed by atoms with Gasteiger partial charge in [-0.05, 0) is 56.2 Å². The Bertz CT molecular complexity index is 957. The van der Waals surface area contributed by atoms with Gasteiger partial charge in [0, 0.05) is 22.3 Å². The van der Waals surface area contributed by atoms with Gasteiger partial charge in [-0.15, -0.1) is 10.2 Å². The van der Waals surface area contributed by atoms with Crippen LogP contribution in [0.15, 0.2) is 41.6 Å². The predicted molar refractivity (Wildman–Crippen MR) is 117 cm³/mol. The first-order chi connectivity index (χ1) is 13.4. The number of rotatable bonds is 7. The molecule has 3 rings (SSSR count). The van der Waals surface area contributed by atoms with Gasteiger partial charge in [0.2, 0.25) is 0 Å². The Balaban J connectivity index is 1.78. The van der Waals surface area contributed by atoms with Crippen LogP contribution < -0.4 is 4.74 Å². The minimum atomic E-state index is -0.301. The summed E-state index contributed by atoms with van der Waals surface area (Å²) in [6.07, 6.45) is -0.301. The average Bonchev–Trinajstić information content (AvgIpc) is 3.07. The fourth-order valence-electron chi connectivity index (χ4n) is 2.76. The van der Waals surface area contributed by atoms with Crippen molar-refractivity contribution in [3.63, 3.8) is 0 Å². The van der Waals surface area contributed by atoms with Gasteiger partial charge < -0.3 is 9.30 Å². The second-order valence-corrected chi connectivity index (χ2v) is 8.43. The molecule has 0 amide bonds. The zero-order valence-corrected chi connectivity index (χ0v) is 18.8. The minimum absolute atomic E-state index is 0.301. The van der Waals surface area contributed by atoms with Gasteiger partial charge in [-0.3, -0.25) is 0 Å². The Morgan fingerprint density at radius 3 is 2.46 bits per heavy atom. The second kappa shape index (κ2) is 9.40. The largest absolute Gasteiger partial charge is 0.481 e. The molecule has 0 radical (unpaired) electrons. The normalized spacial score (nSPS) is 12.2.